The molecule has 4 aliphatic heterocycles. The number of Topliss-reactive ketones (excluding diaryl/α,β-unsaturated/α-hetero) is 1. The summed E-state index contributed by atoms with van der Waals surface area (Å²) in [7, 11) is 0. The number of hydrogen-bond acceptors (Lipinski definition) is 7. The van der Waals surface area contributed by atoms with Crippen LogP contribution in [-0.2, 0) is 30.7 Å². The van der Waals surface area contributed by atoms with Crippen molar-refractivity contribution >= 4 is 39.7 Å². The summed E-state index contributed by atoms with van der Waals surface area (Å²) in [4.78, 5) is 37.0. The van der Waals surface area contributed by atoms with Crippen molar-refractivity contribution in [3.05, 3.63) is 262 Å². The summed E-state index contributed by atoms with van der Waals surface area (Å²) in [5.74, 6) is -0.0223. The van der Waals surface area contributed by atoms with Crippen LogP contribution < -0.4 is 9.80 Å². The Morgan fingerprint density at radius 3 is 1.31 bits per heavy atom. The topological polar surface area (TPSA) is 55.8 Å². The molecule has 2 aromatic heterocycles. The fraction of sp³-hybridized carbons (Fsp3) is 0.164. The number of rotatable bonds is 8. The molecule has 0 spiro atoms. The molecule has 4 aliphatic rings. The number of hydrogen-bond donors (Lipinski definition) is 0. The largest absolute Gasteiger partial charge is 0.368 e. The quantitative estimate of drug-likeness (QED) is 0.151. The van der Waals surface area contributed by atoms with E-state index in [1.165, 1.54) is 33.4 Å². The molecule has 68 heavy (non-hydrogen) atoms. The molecule has 6 heterocycles. The van der Waals surface area contributed by atoms with Gasteiger partial charge in [0.05, 0.1) is 46.0 Å². The summed E-state index contributed by atoms with van der Waals surface area (Å²) < 4.78 is 0. The molecule has 0 amide bonds. The van der Waals surface area contributed by atoms with E-state index in [-0.39, 0.29) is 17.9 Å². The van der Waals surface area contributed by atoms with Gasteiger partial charge >= 0.3 is 0 Å². The molecule has 0 radical (unpaired) electrons. The third-order valence-corrected chi connectivity index (χ3v) is 14.4. The van der Waals surface area contributed by atoms with Crippen molar-refractivity contribution in [3.8, 4) is 0 Å². The minimum atomic E-state index is -0.353. The predicted molar refractivity (Wildman–Crippen MR) is 273 cm³/mol. The van der Waals surface area contributed by atoms with Gasteiger partial charge in [0, 0.05) is 73.5 Å². The first-order chi connectivity index (χ1) is 33.5. The molecule has 7 nitrogen and oxygen atoms in total. The van der Waals surface area contributed by atoms with Crippen molar-refractivity contribution in [1.29, 1.82) is 0 Å². The van der Waals surface area contributed by atoms with Gasteiger partial charge in [-0.25, -0.2) is 0 Å². The highest BCUT2D eigenvalue weighted by atomic mass is 16.1. The molecule has 12 rings (SSSR count). The van der Waals surface area contributed by atoms with Crippen molar-refractivity contribution < 1.29 is 4.79 Å². The fourth-order valence-corrected chi connectivity index (χ4v) is 11.3. The lowest BCUT2D eigenvalue weighted by atomic mass is 9.79. The zero-order chi connectivity index (χ0) is 45.7. The second-order valence-electron chi connectivity index (χ2n) is 18.6. The third-order valence-electron chi connectivity index (χ3n) is 14.4. The first kappa shape index (κ1) is 41.4. The highest BCUT2D eigenvalue weighted by Gasteiger charge is 2.46. The molecular formula is C61H52N6O. The number of ketones is 1. The van der Waals surface area contributed by atoms with Crippen LogP contribution in [0, 0.1) is 13.8 Å². The summed E-state index contributed by atoms with van der Waals surface area (Å²) in [5.41, 5.74) is 18.8. The molecule has 0 saturated carbocycles. The molecule has 0 aliphatic carbocycles. The normalized spacial score (nSPS) is 17.6. The second kappa shape index (κ2) is 17.3. The maximum Gasteiger partial charge on any atom is 0.198 e. The lowest BCUT2D eigenvalue weighted by molar-refractivity contribution is -0.109. The third kappa shape index (κ3) is 7.17. The zero-order valence-corrected chi connectivity index (χ0v) is 38.5. The van der Waals surface area contributed by atoms with E-state index in [0.29, 0.717) is 24.2 Å². The Kier molecular flexibility index (Phi) is 10.5. The first-order valence-electron chi connectivity index (χ1n) is 23.9. The Labute approximate surface area is 399 Å². The average Bonchev–Trinajstić information content (AvgIpc) is 3.39. The molecule has 2 unspecified atom stereocenters. The van der Waals surface area contributed by atoms with E-state index < -0.39 is 0 Å². The van der Waals surface area contributed by atoms with Gasteiger partial charge in [-0.15, -0.1) is 0 Å². The molecule has 6 aromatic carbocycles. The number of pyridine rings is 2. The van der Waals surface area contributed by atoms with E-state index >= 15 is 4.79 Å². The maximum atomic E-state index is 17.4. The molecule has 0 bridgehead atoms. The van der Waals surface area contributed by atoms with Crippen LogP contribution >= 0.6 is 0 Å². The van der Waals surface area contributed by atoms with Crippen molar-refractivity contribution in [1.82, 2.24) is 19.8 Å². The Morgan fingerprint density at radius 1 is 0.471 bits per heavy atom. The summed E-state index contributed by atoms with van der Waals surface area (Å²) in [6, 6.07) is 60.1. The standard InChI is InChI=1S/C61H52N6O/c1-41-15-13-25-49(35-41)66-53-27-31-62-37-51(53)55(59(57(66)45-19-5-3-6-20-45)64-33-29-43-17-9-11-23-47(43)39-64)61(68)56-52-38-63-32-28-54(52)67(50-26-14-16-42(2)36-50)58(46-21-7-4-8-22-46)60(56)65-34-30-44-18-10-12-24-48(44)40-65/h3-28,31-32,35-38,57-58H,29-30,33-34,39-40H2,1-2H3. The van der Waals surface area contributed by atoms with Crippen molar-refractivity contribution in [2.24, 2.45) is 0 Å². The number of carbonyl (C=O) groups is 1. The molecule has 332 valence electrons. The van der Waals surface area contributed by atoms with Gasteiger partial charge in [-0.3, -0.25) is 14.8 Å². The highest BCUT2D eigenvalue weighted by molar-refractivity contribution is 6.45. The number of aryl methyl sites for hydroxylation is 2. The average molecular weight is 885 g/mol. The summed E-state index contributed by atoms with van der Waals surface area (Å²) in [6.45, 7) is 7.15. The Balaban J connectivity index is 1.19. The van der Waals surface area contributed by atoms with E-state index in [9.17, 15) is 0 Å². The van der Waals surface area contributed by atoms with Crippen molar-refractivity contribution in [2.75, 3.05) is 22.9 Å². The zero-order valence-electron chi connectivity index (χ0n) is 38.5. The molecule has 0 saturated heterocycles. The van der Waals surface area contributed by atoms with Crippen LogP contribution in [0.1, 0.15) is 67.7 Å². The Bertz CT molecular complexity index is 3070. The lowest BCUT2D eigenvalue weighted by Gasteiger charge is -2.48. The van der Waals surface area contributed by atoms with Gasteiger partial charge in [0.25, 0.3) is 0 Å². The van der Waals surface area contributed by atoms with Gasteiger partial charge in [-0.05, 0) is 108 Å². The van der Waals surface area contributed by atoms with E-state index in [1.807, 2.05) is 24.8 Å². The van der Waals surface area contributed by atoms with Crippen LogP contribution in [0.15, 0.2) is 206 Å². The van der Waals surface area contributed by atoms with Gasteiger partial charge in [-0.1, -0.05) is 133 Å². The summed E-state index contributed by atoms with van der Waals surface area (Å²) in [6.07, 6.45) is 9.33. The van der Waals surface area contributed by atoms with Crippen LogP contribution in [-0.4, -0.2) is 38.6 Å². The SMILES string of the molecule is Cc1cccc(N2c3ccncc3C(C(=O)C3=C(N4CCc5ccccc5C4)C(c4ccccc4)N(c4cccc(C)c4)c4ccncc43)=C(N3CCc4ccccc4C3)C2c2ccccc2)c1. The van der Waals surface area contributed by atoms with E-state index in [4.69, 9.17) is 9.97 Å². The first-order valence-corrected chi connectivity index (χ1v) is 23.9. The minimum absolute atomic E-state index is 0.0223. The number of anilines is 4. The predicted octanol–water partition coefficient (Wildman–Crippen LogP) is 12.7. The van der Waals surface area contributed by atoms with Gasteiger partial charge in [0.2, 0.25) is 0 Å². The van der Waals surface area contributed by atoms with Gasteiger partial charge in [0.1, 0.15) is 0 Å². The van der Waals surface area contributed by atoms with Crippen LogP contribution in [0.5, 0.6) is 0 Å². The second-order valence-corrected chi connectivity index (χ2v) is 18.6. The maximum absolute atomic E-state index is 17.4. The van der Waals surface area contributed by atoms with E-state index in [1.54, 1.807) is 0 Å². The lowest BCUT2D eigenvalue weighted by Crippen LogP contribution is -2.43. The Morgan fingerprint density at radius 2 is 0.882 bits per heavy atom. The summed E-state index contributed by atoms with van der Waals surface area (Å²) in [5, 5.41) is 0. The number of aromatic nitrogens is 2. The Hall–Kier alpha value is -8.03. The van der Waals surface area contributed by atoms with Crippen LogP contribution in [0.4, 0.5) is 22.7 Å². The minimum Gasteiger partial charge on any atom is -0.368 e. The van der Waals surface area contributed by atoms with Crippen LogP contribution in [0.3, 0.4) is 0 Å². The van der Waals surface area contributed by atoms with E-state index in [0.717, 1.165) is 82.3 Å². The molecule has 8 aromatic rings. The van der Waals surface area contributed by atoms with Gasteiger partial charge in [0.15, 0.2) is 5.78 Å². The fourth-order valence-electron chi connectivity index (χ4n) is 11.3. The van der Waals surface area contributed by atoms with Crippen molar-refractivity contribution in [3.63, 3.8) is 0 Å². The molecule has 7 heteroatoms. The highest BCUT2D eigenvalue weighted by Crippen LogP contribution is 2.55. The number of carbonyl (C=O) groups excluding carboxylic acids is 1. The van der Waals surface area contributed by atoms with Crippen molar-refractivity contribution in [2.45, 2.75) is 51.9 Å². The molecule has 0 N–H and O–H groups in total. The number of benzene rings is 6. The molecule has 0 fully saturated rings. The van der Waals surface area contributed by atoms with Crippen LogP contribution in [0.2, 0.25) is 0 Å². The number of nitrogens with zero attached hydrogens (tertiary/aromatic N) is 6. The monoisotopic (exact) mass is 884 g/mol. The number of allylic oxidation sites excluding steroid dienone is 2. The van der Waals surface area contributed by atoms with Gasteiger partial charge < -0.3 is 19.6 Å². The molecule has 2 atom stereocenters. The van der Waals surface area contributed by atoms with E-state index in [2.05, 4.69) is 203 Å². The summed E-state index contributed by atoms with van der Waals surface area (Å²) >= 11 is 0. The molecular weight excluding hydrogens is 833 g/mol. The van der Waals surface area contributed by atoms with Crippen LogP contribution in [0.25, 0.3) is 11.1 Å². The number of fused-ring (bicyclic) bond motifs is 4. The van der Waals surface area contributed by atoms with Gasteiger partial charge in [-0.2, -0.15) is 0 Å². The smallest absolute Gasteiger partial charge is 0.198 e.